The van der Waals surface area contributed by atoms with E-state index in [1.807, 2.05) is 6.07 Å². The van der Waals surface area contributed by atoms with Gasteiger partial charge in [0.2, 0.25) is 0 Å². The third kappa shape index (κ3) is 1.43. The maximum Gasteiger partial charge on any atom is 0.0998 e. The fourth-order valence-electron chi connectivity index (χ4n) is 0.950. The smallest absolute Gasteiger partial charge is 0.0998 e. The van der Waals surface area contributed by atoms with E-state index in [0.717, 1.165) is 0 Å². The molecule has 3 heteroatoms. The highest BCUT2D eigenvalue weighted by molar-refractivity contribution is 6.00. The molecule has 0 aromatic heterocycles. The Balaban J connectivity index is 3.25. The van der Waals surface area contributed by atoms with Crippen LogP contribution < -0.4 is 0 Å². The molecule has 1 aromatic rings. The second-order valence-electron chi connectivity index (χ2n) is 2.34. The number of benzene rings is 1. The summed E-state index contributed by atoms with van der Waals surface area (Å²) in [5, 5.41) is 20.2. The van der Waals surface area contributed by atoms with Gasteiger partial charge in [-0.2, -0.15) is 5.26 Å². The normalized spacial score (nSPS) is 10.8. The van der Waals surface area contributed by atoms with E-state index in [2.05, 4.69) is 5.16 Å². The van der Waals surface area contributed by atoms with Crippen molar-refractivity contribution < 1.29 is 5.21 Å². The van der Waals surface area contributed by atoms with Gasteiger partial charge in [-0.3, -0.25) is 0 Å². The SMILES string of the molecule is CC(=NO)c1ccccc1C#N. The second kappa shape index (κ2) is 3.54. The highest BCUT2D eigenvalue weighted by Crippen LogP contribution is 2.07. The van der Waals surface area contributed by atoms with Crippen LogP contribution in [0.1, 0.15) is 18.1 Å². The first-order chi connectivity index (χ1) is 5.79. The molecule has 60 valence electrons. The fourth-order valence-corrected chi connectivity index (χ4v) is 0.950. The number of nitriles is 1. The quantitative estimate of drug-likeness (QED) is 0.386. The summed E-state index contributed by atoms with van der Waals surface area (Å²) >= 11 is 0. The highest BCUT2D eigenvalue weighted by atomic mass is 16.4. The lowest BCUT2D eigenvalue weighted by Crippen LogP contribution is -1.97. The van der Waals surface area contributed by atoms with Crippen molar-refractivity contribution >= 4 is 5.71 Å². The molecule has 0 atom stereocenters. The number of oxime groups is 1. The van der Waals surface area contributed by atoms with Gasteiger partial charge in [0.15, 0.2) is 0 Å². The molecule has 1 N–H and O–H groups in total. The van der Waals surface area contributed by atoms with E-state index >= 15 is 0 Å². The van der Waals surface area contributed by atoms with Gasteiger partial charge < -0.3 is 5.21 Å². The topological polar surface area (TPSA) is 56.4 Å². The van der Waals surface area contributed by atoms with Crippen LogP contribution in [-0.4, -0.2) is 10.9 Å². The Bertz CT molecular complexity index is 350. The van der Waals surface area contributed by atoms with Crippen LogP contribution in [0.5, 0.6) is 0 Å². The van der Waals surface area contributed by atoms with Crippen LogP contribution in [0.2, 0.25) is 0 Å². The van der Waals surface area contributed by atoms with Crippen LogP contribution in [-0.2, 0) is 0 Å². The summed E-state index contributed by atoms with van der Waals surface area (Å²) < 4.78 is 0. The summed E-state index contributed by atoms with van der Waals surface area (Å²) in [6.07, 6.45) is 0. The van der Waals surface area contributed by atoms with E-state index in [0.29, 0.717) is 16.8 Å². The Labute approximate surface area is 70.6 Å². The fraction of sp³-hybridized carbons (Fsp3) is 0.111. The molecule has 1 aromatic carbocycles. The molecule has 0 unspecified atom stereocenters. The van der Waals surface area contributed by atoms with Crippen molar-refractivity contribution in [3.05, 3.63) is 35.4 Å². The van der Waals surface area contributed by atoms with E-state index in [-0.39, 0.29) is 0 Å². The molecule has 1 rings (SSSR count). The largest absolute Gasteiger partial charge is 0.411 e. The molecule has 0 aliphatic carbocycles. The van der Waals surface area contributed by atoms with Crippen LogP contribution >= 0.6 is 0 Å². The predicted octanol–water partition coefficient (Wildman–Crippen LogP) is 1.76. The van der Waals surface area contributed by atoms with Gasteiger partial charge in [0, 0.05) is 5.56 Å². The van der Waals surface area contributed by atoms with Crippen molar-refractivity contribution in [3.8, 4) is 6.07 Å². The summed E-state index contributed by atoms with van der Waals surface area (Å²) in [4.78, 5) is 0. The second-order valence-corrected chi connectivity index (χ2v) is 2.34. The minimum absolute atomic E-state index is 0.451. The molecule has 3 nitrogen and oxygen atoms in total. The Morgan fingerprint density at radius 1 is 1.50 bits per heavy atom. The van der Waals surface area contributed by atoms with Crippen molar-refractivity contribution in [3.63, 3.8) is 0 Å². The van der Waals surface area contributed by atoms with E-state index in [1.54, 1.807) is 31.2 Å². The summed E-state index contributed by atoms with van der Waals surface area (Å²) in [6.45, 7) is 1.65. The van der Waals surface area contributed by atoms with E-state index in [1.165, 1.54) is 0 Å². The zero-order chi connectivity index (χ0) is 8.97. The van der Waals surface area contributed by atoms with Gasteiger partial charge in [0.05, 0.1) is 17.3 Å². The maximum atomic E-state index is 8.68. The van der Waals surface area contributed by atoms with Crippen LogP contribution in [0.25, 0.3) is 0 Å². The van der Waals surface area contributed by atoms with E-state index < -0.39 is 0 Å². The molecule has 0 heterocycles. The Kier molecular flexibility index (Phi) is 2.44. The first-order valence-electron chi connectivity index (χ1n) is 3.47. The highest BCUT2D eigenvalue weighted by Gasteiger charge is 2.02. The minimum Gasteiger partial charge on any atom is -0.411 e. The van der Waals surface area contributed by atoms with Gasteiger partial charge in [0.1, 0.15) is 0 Å². The molecule has 0 spiro atoms. The molecular formula is C9H8N2O. The molecule has 0 saturated carbocycles. The lowest BCUT2D eigenvalue weighted by atomic mass is 10.1. The van der Waals surface area contributed by atoms with E-state index in [4.69, 9.17) is 10.5 Å². The molecule has 0 fully saturated rings. The van der Waals surface area contributed by atoms with Gasteiger partial charge in [0.25, 0.3) is 0 Å². The van der Waals surface area contributed by atoms with E-state index in [9.17, 15) is 0 Å². The number of hydrogen-bond donors (Lipinski definition) is 1. The molecule has 0 aliphatic rings. The predicted molar refractivity (Wildman–Crippen MR) is 45.2 cm³/mol. The average Bonchev–Trinajstić information content (AvgIpc) is 2.16. The molecule has 0 amide bonds. The van der Waals surface area contributed by atoms with Crippen LogP contribution in [0.4, 0.5) is 0 Å². The first kappa shape index (κ1) is 8.28. The Morgan fingerprint density at radius 3 is 2.75 bits per heavy atom. The van der Waals surface area contributed by atoms with Crippen molar-refractivity contribution in [2.75, 3.05) is 0 Å². The van der Waals surface area contributed by atoms with Crippen molar-refractivity contribution in [1.82, 2.24) is 0 Å². The van der Waals surface area contributed by atoms with Crippen molar-refractivity contribution in [1.29, 1.82) is 5.26 Å². The van der Waals surface area contributed by atoms with Gasteiger partial charge in [-0.25, -0.2) is 0 Å². The first-order valence-corrected chi connectivity index (χ1v) is 3.47. The van der Waals surface area contributed by atoms with Gasteiger partial charge in [-0.15, -0.1) is 0 Å². The van der Waals surface area contributed by atoms with Crippen molar-refractivity contribution in [2.24, 2.45) is 5.16 Å². The van der Waals surface area contributed by atoms with Gasteiger partial charge >= 0.3 is 0 Å². The Morgan fingerprint density at radius 2 is 2.17 bits per heavy atom. The van der Waals surface area contributed by atoms with Gasteiger partial charge in [-0.05, 0) is 13.0 Å². The number of nitrogens with zero attached hydrogens (tertiary/aromatic N) is 2. The summed E-state index contributed by atoms with van der Waals surface area (Å²) in [5.74, 6) is 0. The summed E-state index contributed by atoms with van der Waals surface area (Å²) in [6, 6.07) is 9.01. The van der Waals surface area contributed by atoms with Crippen LogP contribution in [0.3, 0.4) is 0 Å². The van der Waals surface area contributed by atoms with Crippen molar-refractivity contribution in [2.45, 2.75) is 6.92 Å². The van der Waals surface area contributed by atoms with Crippen LogP contribution in [0, 0.1) is 11.3 Å². The Hall–Kier alpha value is -1.82. The number of hydrogen-bond acceptors (Lipinski definition) is 3. The zero-order valence-electron chi connectivity index (χ0n) is 6.65. The maximum absolute atomic E-state index is 8.68. The molecule has 0 bridgehead atoms. The standard InChI is InChI=1S/C9H8N2O/c1-7(11-12)9-5-3-2-4-8(9)6-10/h2-5,12H,1H3. The molecule has 12 heavy (non-hydrogen) atoms. The lowest BCUT2D eigenvalue weighted by molar-refractivity contribution is 0.319. The van der Waals surface area contributed by atoms with Crippen LogP contribution in [0.15, 0.2) is 29.4 Å². The monoisotopic (exact) mass is 160 g/mol. The summed E-state index contributed by atoms with van der Waals surface area (Å²) in [7, 11) is 0. The minimum atomic E-state index is 0.451. The number of rotatable bonds is 1. The third-order valence-corrected chi connectivity index (χ3v) is 1.59. The summed E-state index contributed by atoms with van der Waals surface area (Å²) in [5.41, 5.74) is 1.64. The van der Waals surface area contributed by atoms with Gasteiger partial charge in [-0.1, -0.05) is 23.4 Å². The zero-order valence-corrected chi connectivity index (χ0v) is 6.65. The molecule has 0 saturated heterocycles. The average molecular weight is 160 g/mol. The third-order valence-electron chi connectivity index (χ3n) is 1.59. The molecule has 0 radical (unpaired) electrons. The lowest BCUT2D eigenvalue weighted by Gasteiger charge is -1.99. The molecule has 0 aliphatic heterocycles. The molecular weight excluding hydrogens is 152 g/mol.